The van der Waals surface area contributed by atoms with E-state index in [1.54, 1.807) is 12.1 Å². The molecule has 2 fully saturated rings. The topological polar surface area (TPSA) is 98.8 Å². The van der Waals surface area contributed by atoms with Gasteiger partial charge in [0, 0.05) is 44.9 Å². The van der Waals surface area contributed by atoms with Crippen LogP contribution in [-0.4, -0.2) is 69.1 Å². The summed E-state index contributed by atoms with van der Waals surface area (Å²) >= 11 is 0. The van der Waals surface area contributed by atoms with Crippen molar-refractivity contribution in [2.45, 2.75) is 36.6 Å². The Morgan fingerprint density at radius 2 is 1.63 bits per heavy atom. The molecule has 1 aliphatic heterocycles. The Morgan fingerprint density at radius 1 is 0.971 bits per heavy atom. The Hall–Kier alpha value is -2.75. The molecule has 35 heavy (non-hydrogen) atoms. The van der Waals surface area contributed by atoms with Crippen LogP contribution in [0.3, 0.4) is 0 Å². The van der Waals surface area contributed by atoms with E-state index in [-0.39, 0.29) is 35.1 Å². The van der Waals surface area contributed by atoms with Crippen LogP contribution in [0.15, 0.2) is 59.5 Å². The van der Waals surface area contributed by atoms with Gasteiger partial charge < -0.3 is 10.2 Å². The van der Waals surface area contributed by atoms with Crippen molar-refractivity contribution >= 4 is 21.7 Å². The van der Waals surface area contributed by atoms with Gasteiger partial charge in [0.1, 0.15) is 0 Å². The SMILES string of the molecule is CS(=O)(=O)c1ccc(CC(=O)NN2CCN(CCC(NC(=O)C3CC3)c3ccccc3)CC2)cc1. The molecule has 0 radical (unpaired) electrons. The van der Waals surface area contributed by atoms with Crippen LogP contribution in [0, 0.1) is 5.92 Å². The molecule has 0 aromatic heterocycles. The molecule has 2 aromatic carbocycles. The van der Waals surface area contributed by atoms with Gasteiger partial charge in [-0.2, -0.15) is 0 Å². The molecule has 2 aliphatic rings. The molecule has 2 amide bonds. The minimum Gasteiger partial charge on any atom is -0.349 e. The first-order valence-corrected chi connectivity index (χ1v) is 14.1. The van der Waals surface area contributed by atoms with E-state index < -0.39 is 9.84 Å². The maximum atomic E-state index is 12.5. The van der Waals surface area contributed by atoms with Crippen molar-refractivity contribution in [3.8, 4) is 0 Å². The Kier molecular flexibility index (Phi) is 8.20. The van der Waals surface area contributed by atoms with Crippen molar-refractivity contribution in [3.05, 3.63) is 65.7 Å². The number of hydrogen-bond acceptors (Lipinski definition) is 6. The van der Waals surface area contributed by atoms with E-state index in [1.807, 2.05) is 23.2 Å². The highest BCUT2D eigenvalue weighted by Gasteiger charge is 2.31. The number of nitrogens with one attached hydrogen (secondary N) is 2. The fraction of sp³-hybridized carbons (Fsp3) is 0.462. The number of nitrogens with zero attached hydrogens (tertiary/aromatic N) is 2. The van der Waals surface area contributed by atoms with Crippen molar-refractivity contribution in [1.29, 1.82) is 0 Å². The van der Waals surface area contributed by atoms with Crippen LogP contribution in [0.2, 0.25) is 0 Å². The van der Waals surface area contributed by atoms with Gasteiger partial charge >= 0.3 is 0 Å². The summed E-state index contributed by atoms with van der Waals surface area (Å²) in [5.74, 6) is 0.237. The van der Waals surface area contributed by atoms with E-state index in [2.05, 4.69) is 27.8 Å². The Morgan fingerprint density at radius 3 is 2.23 bits per heavy atom. The third-order valence-corrected chi connectivity index (χ3v) is 7.70. The van der Waals surface area contributed by atoms with E-state index in [0.717, 1.165) is 63.1 Å². The zero-order valence-electron chi connectivity index (χ0n) is 20.2. The van der Waals surface area contributed by atoms with Crippen LogP contribution in [0.25, 0.3) is 0 Å². The summed E-state index contributed by atoms with van der Waals surface area (Å²) in [6.45, 7) is 3.99. The number of benzene rings is 2. The summed E-state index contributed by atoms with van der Waals surface area (Å²) < 4.78 is 23.2. The molecule has 0 spiro atoms. The summed E-state index contributed by atoms with van der Waals surface area (Å²) in [7, 11) is -3.24. The Labute approximate surface area is 207 Å². The van der Waals surface area contributed by atoms with Gasteiger partial charge in [-0.25, -0.2) is 13.4 Å². The minimum atomic E-state index is -3.24. The van der Waals surface area contributed by atoms with E-state index in [4.69, 9.17) is 0 Å². The smallest absolute Gasteiger partial charge is 0.238 e. The number of carbonyl (C=O) groups excluding carboxylic acids is 2. The molecular weight excluding hydrogens is 464 g/mol. The molecule has 9 heteroatoms. The third kappa shape index (κ3) is 7.62. The van der Waals surface area contributed by atoms with Gasteiger partial charge in [0.05, 0.1) is 17.4 Å². The molecule has 4 rings (SSSR count). The second-order valence-electron chi connectivity index (χ2n) is 9.49. The molecule has 2 aromatic rings. The zero-order chi connectivity index (χ0) is 24.8. The normalized spacial score (nSPS) is 18.1. The molecule has 1 saturated carbocycles. The van der Waals surface area contributed by atoms with Crippen LogP contribution < -0.4 is 10.7 Å². The maximum absolute atomic E-state index is 12.5. The third-order valence-electron chi connectivity index (χ3n) is 6.57. The summed E-state index contributed by atoms with van der Waals surface area (Å²) in [6.07, 6.45) is 4.20. The lowest BCUT2D eigenvalue weighted by Gasteiger charge is -2.35. The first kappa shape index (κ1) is 25.3. The molecule has 2 N–H and O–H groups in total. The number of rotatable bonds is 10. The van der Waals surface area contributed by atoms with Crippen LogP contribution in [0.4, 0.5) is 0 Å². The highest BCUT2D eigenvalue weighted by atomic mass is 32.2. The summed E-state index contributed by atoms with van der Waals surface area (Å²) in [5, 5.41) is 5.18. The first-order chi connectivity index (χ1) is 16.8. The predicted molar refractivity (Wildman–Crippen MR) is 134 cm³/mol. The predicted octanol–water partition coefficient (Wildman–Crippen LogP) is 1.94. The van der Waals surface area contributed by atoms with Gasteiger partial charge in [-0.3, -0.25) is 15.0 Å². The Bertz CT molecular complexity index is 1110. The zero-order valence-corrected chi connectivity index (χ0v) is 21.0. The van der Waals surface area contributed by atoms with Crippen molar-refractivity contribution in [3.63, 3.8) is 0 Å². The number of hydrogen-bond donors (Lipinski definition) is 2. The summed E-state index contributed by atoms with van der Waals surface area (Å²) in [4.78, 5) is 27.4. The molecular formula is C26H34N4O4S. The fourth-order valence-corrected chi connectivity index (χ4v) is 4.92. The monoisotopic (exact) mass is 498 g/mol. The molecule has 188 valence electrons. The minimum absolute atomic E-state index is 0.0103. The fourth-order valence-electron chi connectivity index (χ4n) is 4.29. The lowest BCUT2D eigenvalue weighted by Crippen LogP contribution is -2.54. The van der Waals surface area contributed by atoms with E-state index in [1.165, 1.54) is 18.4 Å². The summed E-state index contributed by atoms with van der Waals surface area (Å²) in [5.41, 5.74) is 4.87. The van der Waals surface area contributed by atoms with Gasteiger partial charge in [-0.1, -0.05) is 42.5 Å². The average molecular weight is 499 g/mol. The lowest BCUT2D eigenvalue weighted by atomic mass is 10.0. The van der Waals surface area contributed by atoms with Gasteiger partial charge in [-0.05, 0) is 42.5 Å². The van der Waals surface area contributed by atoms with Gasteiger partial charge in [0.15, 0.2) is 9.84 Å². The van der Waals surface area contributed by atoms with Crippen molar-refractivity contribution in [1.82, 2.24) is 20.7 Å². The number of amides is 2. The van der Waals surface area contributed by atoms with Gasteiger partial charge in [0.2, 0.25) is 11.8 Å². The number of carbonyl (C=O) groups is 2. The average Bonchev–Trinajstić information content (AvgIpc) is 3.69. The van der Waals surface area contributed by atoms with Crippen LogP contribution in [-0.2, 0) is 25.8 Å². The molecule has 1 saturated heterocycles. The van der Waals surface area contributed by atoms with Crippen molar-refractivity contribution in [2.24, 2.45) is 5.92 Å². The molecule has 8 nitrogen and oxygen atoms in total. The highest BCUT2D eigenvalue weighted by Crippen LogP contribution is 2.30. The van der Waals surface area contributed by atoms with Gasteiger partial charge in [-0.15, -0.1) is 0 Å². The van der Waals surface area contributed by atoms with E-state index in [0.29, 0.717) is 0 Å². The second kappa shape index (κ2) is 11.3. The number of sulfone groups is 1. The highest BCUT2D eigenvalue weighted by molar-refractivity contribution is 7.90. The van der Waals surface area contributed by atoms with Crippen molar-refractivity contribution < 1.29 is 18.0 Å². The lowest BCUT2D eigenvalue weighted by molar-refractivity contribution is -0.126. The van der Waals surface area contributed by atoms with E-state index >= 15 is 0 Å². The van der Waals surface area contributed by atoms with Gasteiger partial charge in [0.25, 0.3) is 0 Å². The number of piperazine rings is 1. The van der Waals surface area contributed by atoms with Crippen LogP contribution >= 0.6 is 0 Å². The number of hydrazine groups is 1. The van der Waals surface area contributed by atoms with E-state index in [9.17, 15) is 18.0 Å². The maximum Gasteiger partial charge on any atom is 0.238 e. The standard InChI is InChI=1S/C26H34N4O4S/c1-35(33,34)23-11-7-20(8-12-23)19-25(31)28-30-17-15-29(16-18-30)14-13-24(21-5-3-2-4-6-21)27-26(32)22-9-10-22/h2-8,11-12,22,24H,9-10,13-19H2,1H3,(H,27,32)(H,28,31). The molecule has 1 unspecified atom stereocenters. The quantitative estimate of drug-likeness (QED) is 0.520. The second-order valence-corrected chi connectivity index (χ2v) is 11.5. The first-order valence-electron chi connectivity index (χ1n) is 12.2. The molecule has 1 atom stereocenters. The Balaban J connectivity index is 1.21. The summed E-state index contributed by atoms with van der Waals surface area (Å²) in [6, 6.07) is 16.6. The molecule has 1 aliphatic carbocycles. The van der Waals surface area contributed by atoms with Crippen LogP contribution in [0.1, 0.15) is 36.4 Å². The largest absolute Gasteiger partial charge is 0.349 e. The molecule has 0 bridgehead atoms. The molecule has 1 heterocycles. The van der Waals surface area contributed by atoms with Crippen LogP contribution in [0.5, 0.6) is 0 Å². The van der Waals surface area contributed by atoms with Crippen molar-refractivity contribution in [2.75, 3.05) is 39.0 Å².